The van der Waals surface area contributed by atoms with Crippen LogP contribution >= 0.6 is 11.3 Å². The van der Waals surface area contributed by atoms with E-state index in [9.17, 15) is 0 Å². The molecule has 0 amide bonds. The van der Waals surface area contributed by atoms with Gasteiger partial charge in [-0.05, 0) is 29.8 Å². The molecule has 4 nitrogen and oxygen atoms in total. The maximum atomic E-state index is 9.14. The van der Waals surface area contributed by atoms with E-state index in [0.29, 0.717) is 13.1 Å². The van der Waals surface area contributed by atoms with Gasteiger partial charge in [-0.25, -0.2) is 0 Å². The Morgan fingerprint density at radius 3 is 2.28 bits per heavy atom. The van der Waals surface area contributed by atoms with Crippen LogP contribution in [-0.4, -0.2) is 36.5 Å². The zero-order valence-corrected chi connectivity index (χ0v) is 15.1. The SMILES string of the molecule is C[n+]1c(C=Cc2ccc(N(CCO)CCO)cc2)sc2ccccc21. The van der Waals surface area contributed by atoms with Crippen molar-refractivity contribution in [1.82, 2.24) is 0 Å². The van der Waals surface area contributed by atoms with Gasteiger partial charge < -0.3 is 15.1 Å². The molecular weight excluding hydrogens is 332 g/mol. The van der Waals surface area contributed by atoms with Crippen LogP contribution in [0.5, 0.6) is 0 Å². The number of para-hydroxylation sites is 1. The molecule has 0 aliphatic rings. The highest BCUT2D eigenvalue weighted by Crippen LogP contribution is 2.22. The molecule has 3 aromatic rings. The molecule has 0 saturated carbocycles. The first-order valence-corrected chi connectivity index (χ1v) is 9.17. The van der Waals surface area contributed by atoms with Crippen LogP contribution in [0.3, 0.4) is 0 Å². The summed E-state index contributed by atoms with van der Waals surface area (Å²) in [5.41, 5.74) is 3.37. The minimum Gasteiger partial charge on any atom is -0.395 e. The van der Waals surface area contributed by atoms with Gasteiger partial charge in [0.15, 0.2) is 0 Å². The van der Waals surface area contributed by atoms with Crippen molar-refractivity contribution in [3.05, 3.63) is 59.1 Å². The first kappa shape index (κ1) is 17.6. The van der Waals surface area contributed by atoms with Crippen molar-refractivity contribution in [2.24, 2.45) is 7.05 Å². The van der Waals surface area contributed by atoms with E-state index in [1.165, 1.54) is 15.2 Å². The number of nitrogens with zero attached hydrogens (tertiary/aromatic N) is 2. The van der Waals surface area contributed by atoms with Crippen LogP contribution < -0.4 is 9.47 Å². The molecule has 1 aromatic heterocycles. The van der Waals surface area contributed by atoms with Crippen LogP contribution in [0.15, 0.2) is 48.5 Å². The van der Waals surface area contributed by atoms with Gasteiger partial charge in [-0.2, -0.15) is 4.57 Å². The lowest BCUT2D eigenvalue weighted by atomic mass is 10.2. The van der Waals surface area contributed by atoms with E-state index < -0.39 is 0 Å². The van der Waals surface area contributed by atoms with Crippen LogP contribution in [0, 0.1) is 0 Å². The summed E-state index contributed by atoms with van der Waals surface area (Å²) in [7, 11) is 2.09. The van der Waals surface area contributed by atoms with Gasteiger partial charge in [0.2, 0.25) is 5.52 Å². The zero-order valence-electron chi connectivity index (χ0n) is 14.3. The average Bonchev–Trinajstić information content (AvgIpc) is 2.97. The third-order valence-corrected chi connectivity index (χ3v) is 5.37. The predicted molar refractivity (Wildman–Crippen MR) is 105 cm³/mol. The van der Waals surface area contributed by atoms with E-state index in [-0.39, 0.29) is 13.2 Å². The second kappa shape index (κ2) is 8.25. The van der Waals surface area contributed by atoms with E-state index in [2.05, 4.69) is 60.2 Å². The summed E-state index contributed by atoms with van der Waals surface area (Å²) in [5.74, 6) is 0. The number of fused-ring (bicyclic) bond motifs is 1. The second-order valence-corrected chi connectivity index (χ2v) is 6.89. The number of aryl methyl sites for hydroxylation is 1. The van der Waals surface area contributed by atoms with Crippen molar-refractivity contribution in [2.75, 3.05) is 31.2 Å². The molecule has 0 aliphatic carbocycles. The quantitative estimate of drug-likeness (QED) is 0.641. The number of aliphatic hydroxyl groups is 2. The highest BCUT2D eigenvalue weighted by atomic mass is 32.1. The normalized spacial score (nSPS) is 11.5. The molecule has 25 heavy (non-hydrogen) atoms. The Hall–Kier alpha value is -2.21. The maximum absolute atomic E-state index is 9.14. The molecule has 0 fully saturated rings. The third kappa shape index (κ3) is 4.07. The topological polar surface area (TPSA) is 47.6 Å². The fraction of sp³-hybridized carbons (Fsp3) is 0.250. The van der Waals surface area contributed by atoms with Crippen molar-refractivity contribution in [1.29, 1.82) is 0 Å². The maximum Gasteiger partial charge on any atom is 0.262 e. The van der Waals surface area contributed by atoms with E-state index in [0.717, 1.165) is 11.3 Å². The van der Waals surface area contributed by atoms with Crippen molar-refractivity contribution in [3.63, 3.8) is 0 Å². The predicted octanol–water partition coefficient (Wildman–Crippen LogP) is 2.69. The minimum absolute atomic E-state index is 0.0735. The Morgan fingerprint density at radius 1 is 0.960 bits per heavy atom. The van der Waals surface area contributed by atoms with Crippen molar-refractivity contribution >= 4 is 39.4 Å². The van der Waals surface area contributed by atoms with Gasteiger partial charge in [0.1, 0.15) is 11.7 Å². The van der Waals surface area contributed by atoms with E-state index in [1.54, 1.807) is 11.3 Å². The number of anilines is 1. The standard InChI is InChI=1S/C20H23N2O2S/c1-21-18-4-2-3-5-19(18)25-20(21)11-8-16-6-9-17(10-7-16)22(12-14-23)13-15-24/h2-11,23-24H,12-15H2,1H3/q+1. The Bertz CT molecular complexity index is 850. The Kier molecular flexibility index (Phi) is 5.81. The summed E-state index contributed by atoms with van der Waals surface area (Å²) < 4.78 is 3.48. The molecule has 0 saturated heterocycles. The summed E-state index contributed by atoms with van der Waals surface area (Å²) in [6.45, 7) is 1.19. The number of aromatic nitrogens is 1. The number of hydrogen-bond acceptors (Lipinski definition) is 4. The lowest BCUT2D eigenvalue weighted by molar-refractivity contribution is -0.642. The van der Waals surface area contributed by atoms with Gasteiger partial charge in [-0.1, -0.05) is 35.6 Å². The minimum atomic E-state index is 0.0735. The lowest BCUT2D eigenvalue weighted by Gasteiger charge is -2.22. The molecule has 0 unspecified atom stereocenters. The number of rotatable bonds is 7. The number of benzene rings is 2. The molecule has 5 heteroatoms. The van der Waals surface area contributed by atoms with Gasteiger partial charge in [-0.3, -0.25) is 0 Å². The van der Waals surface area contributed by atoms with Crippen LogP contribution in [0.25, 0.3) is 22.4 Å². The van der Waals surface area contributed by atoms with Gasteiger partial charge >= 0.3 is 0 Å². The molecule has 1 heterocycles. The van der Waals surface area contributed by atoms with E-state index in [4.69, 9.17) is 10.2 Å². The molecule has 0 atom stereocenters. The van der Waals surface area contributed by atoms with E-state index in [1.807, 2.05) is 17.0 Å². The number of hydrogen-bond donors (Lipinski definition) is 2. The van der Waals surface area contributed by atoms with Crippen LogP contribution in [0.4, 0.5) is 5.69 Å². The van der Waals surface area contributed by atoms with Gasteiger partial charge in [0.05, 0.1) is 13.2 Å². The summed E-state index contributed by atoms with van der Waals surface area (Å²) >= 11 is 1.78. The lowest BCUT2D eigenvalue weighted by Crippen LogP contribution is -2.29. The van der Waals surface area contributed by atoms with Crippen molar-refractivity contribution < 1.29 is 14.8 Å². The molecule has 2 aromatic carbocycles. The Morgan fingerprint density at radius 2 is 1.64 bits per heavy atom. The molecule has 3 rings (SSSR count). The first-order valence-electron chi connectivity index (χ1n) is 8.35. The fourth-order valence-corrected chi connectivity index (χ4v) is 3.89. The molecule has 130 valence electrons. The Labute approximate surface area is 151 Å². The second-order valence-electron chi connectivity index (χ2n) is 5.83. The molecule has 0 spiro atoms. The smallest absolute Gasteiger partial charge is 0.262 e. The van der Waals surface area contributed by atoms with Crippen molar-refractivity contribution in [2.45, 2.75) is 0 Å². The van der Waals surface area contributed by atoms with Crippen LogP contribution in [-0.2, 0) is 7.05 Å². The molecule has 0 bridgehead atoms. The Balaban J connectivity index is 1.78. The molecule has 2 N–H and O–H groups in total. The van der Waals surface area contributed by atoms with E-state index >= 15 is 0 Å². The average molecular weight is 355 g/mol. The summed E-state index contributed by atoms with van der Waals surface area (Å²) in [4.78, 5) is 1.97. The van der Waals surface area contributed by atoms with Crippen molar-refractivity contribution in [3.8, 4) is 0 Å². The first-order chi connectivity index (χ1) is 12.2. The largest absolute Gasteiger partial charge is 0.395 e. The third-order valence-electron chi connectivity index (χ3n) is 4.19. The van der Waals surface area contributed by atoms with Gasteiger partial charge in [-0.15, -0.1) is 0 Å². The van der Waals surface area contributed by atoms with Gasteiger partial charge in [0, 0.05) is 30.9 Å². The highest BCUT2D eigenvalue weighted by Gasteiger charge is 2.13. The molecule has 0 radical (unpaired) electrons. The summed E-state index contributed by atoms with van der Waals surface area (Å²) in [5, 5.41) is 19.5. The fourth-order valence-electron chi connectivity index (χ4n) is 2.84. The number of thiazole rings is 1. The summed E-state index contributed by atoms with van der Waals surface area (Å²) in [6.07, 6.45) is 4.25. The molecular formula is C20H23N2O2S+. The van der Waals surface area contributed by atoms with Crippen LogP contribution in [0.1, 0.15) is 10.6 Å². The zero-order chi connectivity index (χ0) is 17.6. The monoisotopic (exact) mass is 355 g/mol. The molecule has 0 aliphatic heterocycles. The summed E-state index contributed by atoms with van der Waals surface area (Å²) in [6, 6.07) is 16.6. The highest BCUT2D eigenvalue weighted by molar-refractivity contribution is 7.18. The van der Waals surface area contributed by atoms with Crippen LogP contribution in [0.2, 0.25) is 0 Å². The van der Waals surface area contributed by atoms with Gasteiger partial charge in [0.25, 0.3) is 5.01 Å². The number of aliphatic hydroxyl groups excluding tert-OH is 2.